The summed E-state index contributed by atoms with van der Waals surface area (Å²) in [6.07, 6.45) is -7.96. The molecule has 2 unspecified atom stereocenters. The SMILES string of the molecule is N#CC(O)C(O)c1ccc(C(F)(F)F)cc1NN. The van der Waals surface area contributed by atoms with Gasteiger partial charge in [-0.3, -0.25) is 5.84 Å². The third-order valence-corrected chi connectivity index (χ3v) is 2.29. The van der Waals surface area contributed by atoms with E-state index in [1.165, 1.54) is 6.07 Å². The number of hydrogen-bond donors (Lipinski definition) is 4. The number of hydrazine groups is 1. The summed E-state index contributed by atoms with van der Waals surface area (Å²) in [5, 5.41) is 27.1. The quantitative estimate of drug-likeness (QED) is 0.368. The molecule has 0 radical (unpaired) electrons. The van der Waals surface area contributed by atoms with E-state index in [9.17, 15) is 18.3 Å². The number of aliphatic hydroxyl groups is 2. The lowest BCUT2D eigenvalue weighted by Crippen LogP contribution is -2.20. The smallest absolute Gasteiger partial charge is 0.384 e. The number of hydrogen-bond acceptors (Lipinski definition) is 5. The van der Waals surface area contributed by atoms with Crippen LogP contribution in [0.5, 0.6) is 0 Å². The molecule has 0 fully saturated rings. The lowest BCUT2D eigenvalue weighted by Gasteiger charge is -2.18. The first kappa shape index (κ1) is 14.2. The van der Waals surface area contributed by atoms with Gasteiger partial charge in [0.25, 0.3) is 0 Å². The predicted molar refractivity (Wildman–Crippen MR) is 55.8 cm³/mol. The number of nitrogens with zero attached hydrogens (tertiary/aromatic N) is 1. The fourth-order valence-electron chi connectivity index (χ4n) is 1.36. The average Bonchev–Trinajstić information content (AvgIpc) is 2.35. The van der Waals surface area contributed by atoms with Gasteiger partial charge in [-0.2, -0.15) is 18.4 Å². The van der Waals surface area contributed by atoms with Crippen molar-refractivity contribution < 1.29 is 23.4 Å². The fraction of sp³-hybridized carbons (Fsp3) is 0.300. The maximum absolute atomic E-state index is 12.4. The Morgan fingerprint density at radius 1 is 1.33 bits per heavy atom. The Labute approximate surface area is 100 Å². The van der Waals surface area contributed by atoms with Crippen molar-refractivity contribution in [2.24, 2.45) is 5.84 Å². The summed E-state index contributed by atoms with van der Waals surface area (Å²) < 4.78 is 37.3. The topological polar surface area (TPSA) is 102 Å². The third kappa shape index (κ3) is 2.89. The molecule has 0 spiro atoms. The molecule has 0 bridgehead atoms. The molecule has 1 rings (SSSR count). The van der Waals surface area contributed by atoms with Crippen LogP contribution in [0.1, 0.15) is 17.2 Å². The van der Waals surface area contributed by atoms with Crippen LogP contribution in [-0.2, 0) is 6.18 Å². The van der Waals surface area contributed by atoms with Crippen LogP contribution in [0.25, 0.3) is 0 Å². The van der Waals surface area contributed by atoms with Gasteiger partial charge in [0.1, 0.15) is 6.10 Å². The maximum Gasteiger partial charge on any atom is 0.416 e. The number of nitrogen functional groups attached to an aromatic ring is 1. The zero-order valence-electron chi connectivity index (χ0n) is 8.94. The Bertz CT molecular complexity index is 470. The number of nitrogens with one attached hydrogen (secondary N) is 1. The van der Waals surface area contributed by atoms with Crippen LogP contribution in [-0.4, -0.2) is 16.3 Å². The molecule has 0 aliphatic carbocycles. The van der Waals surface area contributed by atoms with Crippen LogP contribution in [0, 0.1) is 11.3 Å². The Hall–Kier alpha value is -1.82. The van der Waals surface area contributed by atoms with Gasteiger partial charge >= 0.3 is 6.18 Å². The van der Waals surface area contributed by atoms with Gasteiger partial charge < -0.3 is 15.6 Å². The number of anilines is 1. The van der Waals surface area contributed by atoms with Crippen LogP contribution < -0.4 is 11.3 Å². The molecule has 5 nitrogen and oxygen atoms in total. The minimum atomic E-state index is -4.55. The van der Waals surface area contributed by atoms with Crippen molar-refractivity contribution in [3.63, 3.8) is 0 Å². The van der Waals surface area contributed by atoms with Crippen LogP contribution in [0.4, 0.5) is 18.9 Å². The highest BCUT2D eigenvalue weighted by atomic mass is 19.4. The van der Waals surface area contributed by atoms with Crippen molar-refractivity contribution in [2.75, 3.05) is 5.43 Å². The van der Waals surface area contributed by atoms with E-state index in [2.05, 4.69) is 0 Å². The molecule has 0 aliphatic heterocycles. The lowest BCUT2D eigenvalue weighted by atomic mass is 10.0. The second kappa shape index (κ2) is 5.22. The van der Waals surface area contributed by atoms with Gasteiger partial charge in [-0.15, -0.1) is 0 Å². The lowest BCUT2D eigenvalue weighted by molar-refractivity contribution is -0.137. The summed E-state index contributed by atoms with van der Waals surface area (Å²) in [5.74, 6) is 5.05. The maximum atomic E-state index is 12.4. The zero-order chi connectivity index (χ0) is 13.9. The predicted octanol–water partition coefficient (Wildman–Crippen LogP) is 0.909. The van der Waals surface area contributed by atoms with Crippen molar-refractivity contribution in [3.05, 3.63) is 29.3 Å². The van der Waals surface area contributed by atoms with Gasteiger partial charge in [0.15, 0.2) is 6.10 Å². The molecule has 1 aromatic carbocycles. The zero-order valence-corrected chi connectivity index (χ0v) is 8.94. The van der Waals surface area contributed by atoms with Gasteiger partial charge in [0.05, 0.1) is 17.3 Å². The van der Waals surface area contributed by atoms with Crippen LogP contribution >= 0.6 is 0 Å². The molecule has 0 aromatic heterocycles. The van der Waals surface area contributed by atoms with E-state index in [-0.39, 0.29) is 11.3 Å². The van der Waals surface area contributed by atoms with Gasteiger partial charge in [-0.05, 0) is 12.1 Å². The minimum absolute atomic E-state index is 0.0976. The van der Waals surface area contributed by atoms with Gasteiger partial charge in [-0.1, -0.05) is 6.07 Å². The largest absolute Gasteiger partial charge is 0.416 e. The number of nitriles is 1. The van der Waals surface area contributed by atoms with Crippen LogP contribution in [0.15, 0.2) is 18.2 Å². The molecule has 18 heavy (non-hydrogen) atoms. The molecular formula is C10H10F3N3O2. The monoisotopic (exact) mass is 261 g/mol. The number of alkyl halides is 3. The molecule has 0 amide bonds. The molecule has 0 aliphatic rings. The molecule has 8 heteroatoms. The van der Waals surface area contributed by atoms with Crippen LogP contribution in [0.2, 0.25) is 0 Å². The molecule has 0 heterocycles. The average molecular weight is 261 g/mol. The van der Waals surface area contributed by atoms with E-state index in [0.717, 1.165) is 12.1 Å². The summed E-state index contributed by atoms with van der Waals surface area (Å²) in [6, 6.07) is 3.73. The molecule has 98 valence electrons. The second-order valence-corrected chi connectivity index (χ2v) is 3.46. The summed E-state index contributed by atoms with van der Waals surface area (Å²) >= 11 is 0. The van der Waals surface area contributed by atoms with E-state index in [4.69, 9.17) is 16.2 Å². The summed E-state index contributed by atoms with van der Waals surface area (Å²) in [5.41, 5.74) is 0.713. The van der Waals surface area contributed by atoms with Crippen molar-refractivity contribution in [1.29, 1.82) is 5.26 Å². The first-order chi connectivity index (χ1) is 8.31. The standard InChI is InChI=1S/C10H10F3N3O2/c11-10(12,13)5-1-2-6(7(3-5)16-15)9(18)8(17)4-14/h1-3,8-9,16-18H,15H2. The molecular weight excluding hydrogens is 251 g/mol. The first-order valence-electron chi connectivity index (χ1n) is 4.74. The molecule has 2 atom stereocenters. The Balaban J connectivity index is 3.20. The number of aliphatic hydroxyl groups excluding tert-OH is 2. The molecule has 5 N–H and O–H groups in total. The first-order valence-corrected chi connectivity index (χ1v) is 4.74. The van der Waals surface area contributed by atoms with E-state index in [1.807, 2.05) is 5.43 Å². The van der Waals surface area contributed by atoms with E-state index >= 15 is 0 Å². The van der Waals surface area contributed by atoms with Gasteiger partial charge in [0, 0.05) is 5.56 Å². The van der Waals surface area contributed by atoms with Crippen molar-refractivity contribution >= 4 is 5.69 Å². The molecule has 0 saturated heterocycles. The van der Waals surface area contributed by atoms with E-state index < -0.39 is 23.9 Å². The van der Waals surface area contributed by atoms with Gasteiger partial charge in [-0.25, -0.2) is 0 Å². The number of halogens is 3. The number of nitrogens with two attached hydrogens (primary N) is 1. The Morgan fingerprint density at radius 2 is 1.94 bits per heavy atom. The van der Waals surface area contributed by atoms with Crippen LogP contribution in [0.3, 0.4) is 0 Å². The Kier molecular flexibility index (Phi) is 4.13. The third-order valence-electron chi connectivity index (χ3n) is 2.29. The highest BCUT2D eigenvalue weighted by molar-refractivity contribution is 5.54. The minimum Gasteiger partial charge on any atom is -0.384 e. The normalized spacial score (nSPS) is 14.7. The fourth-order valence-corrected chi connectivity index (χ4v) is 1.36. The summed E-state index contributed by atoms with van der Waals surface area (Å²) in [7, 11) is 0. The van der Waals surface area contributed by atoms with Crippen molar-refractivity contribution in [1.82, 2.24) is 0 Å². The van der Waals surface area contributed by atoms with E-state index in [0.29, 0.717) is 6.07 Å². The number of benzene rings is 1. The summed E-state index contributed by atoms with van der Waals surface area (Å²) in [6.45, 7) is 0. The highest BCUT2D eigenvalue weighted by Gasteiger charge is 2.32. The number of rotatable bonds is 3. The highest BCUT2D eigenvalue weighted by Crippen LogP contribution is 2.34. The summed E-state index contributed by atoms with van der Waals surface area (Å²) in [4.78, 5) is 0. The van der Waals surface area contributed by atoms with Crippen molar-refractivity contribution in [3.8, 4) is 6.07 Å². The molecule has 0 saturated carbocycles. The van der Waals surface area contributed by atoms with Gasteiger partial charge in [0.2, 0.25) is 0 Å². The second-order valence-electron chi connectivity index (χ2n) is 3.46. The van der Waals surface area contributed by atoms with E-state index in [1.54, 1.807) is 0 Å². The Morgan fingerprint density at radius 3 is 2.39 bits per heavy atom. The molecule has 1 aromatic rings. The van der Waals surface area contributed by atoms with Crippen molar-refractivity contribution in [2.45, 2.75) is 18.4 Å².